The number of amides is 1. The second kappa shape index (κ2) is 9.00. The van der Waals surface area contributed by atoms with Gasteiger partial charge in [-0.15, -0.1) is 0 Å². The largest absolute Gasteiger partial charge is 0.385 e. The van der Waals surface area contributed by atoms with Gasteiger partial charge in [-0.3, -0.25) is 4.79 Å². The van der Waals surface area contributed by atoms with Gasteiger partial charge >= 0.3 is 0 Å². The van der Waals surface area contributed by atoms with Crippen LogP contribution in [0.3, 0.4) is 0 Å². The van der Waals surface area contributed by atoms with E-state index in [0.29, 0.717) is 12.3 Å². The summed E-state index contributed by atoms with van der Waals surface area (Å²) in [5.41, 5.74) is 1.34. The van der Waals surface area contributed by atoms with Gasteiger partial charge in [0, 0.05) is 64.5 Å². The maximum atomic E-state index is 12.3. The first-order valence-electron chi connectivity index (χ1n) is 10.4. The Labute approximate surface area is 163 Å². The van der Waals surface area contributed by atoms with Crippen LogP contribution in [0.5, 0.6) is 0 Å². The van der Waals surface area contributed by atoms with E-state index in [9.17, 15) is 4.79 Å². The third-order valence-corrected chi connectivity index (χ3v) is 6.03. The maximum Gasteiger partial charge on any atom is 0.222 e. The van der Waals surface area contributed by atoms with Gasteiger partial charge in [0.15, 0.2) is 0 Å². The number of hydrogen-bond donors (Lipinski definition) is 0. The lowest BCUT2D eigenvalue weighted by Gasteiger charge is -2.47. The van der Waals surface area contributed by atoms with Gasteiger partial charge in [0.25, 0.3) is 0 Å². The summed E-state index contributed by atoms with van der Waals surface area (Å²) in [6, 6.07) is 2.11. The minimum atomic E-state index is 0.284. The Kier molecular flexibility index (Phi) is 6.68. The highest BCUT2D eigenvalue weighted by molar-refractivity contribution is 5.77. The minimum Gasteiger partial charge on any atom is -0.385 e. The van der Waals surface area contributed by atoms with E-state index in [2.05, 4.69) is 34.7 Å². The van der Waals surface area contributed by atoms with Crippen molar-refractivity contribution in [3.8, 4) is 0 Å². The Balaban J connectivity index is 1.61. The van der Waals surface area contributed by atoms with E-state index in [1.54, 1.807) is 7.11 Å². The molecule has 6 nitrogen and oxygen atoms in total. The van der Waals surface area contributed by atoms with Gasteiger partial charge in [-0.2, -0.15) is 0 Å². The van der Waals surface area contributed by atoms with Crippen LogP contribution in [-0.2, 0) is 16.0 Å². The topological polar surface area (TPSA) is 58.6 Å². The zero-order chi connectivity index (χ0) is 19.3. The Hall–Kier alpha value is -1.69. The van der Waals surface area contributed by atoms with E-state index < -0.39 is 0 Å². The number of methoxy groups -OCH3 is 1. The lowest BCUT2D eigenvalue weighted by molar-refractivity contribution is -0.138. The standard InChI is InChI=1S/C21H34N4O2/c1-4-6-18-22-17(2)15-19(23-18)24-12-9-21(10-13-24)8-7-20(26)25(16-21)11-5-14-27-3/h15H,4-14,16H2,1-3H3. The van der Waals surface area contributed by atoms with Crippen LogP contribution < -0.4 is 4.90 Å². The number of carbonyl (C=O) groups is 1. The first-order chi connectivity index (χ1) is 13.0. The first-order valence-corrected chi connectivity index (χ1v) is 10.4. The number of likely N-dealkylation sites (tertiary alicyclic amines) is 1. The zero-order valence-corrected chi connectivity index (χ0v) is 17.2. The molecule has 2 aliphatic heterocycles. The van der Waals surface area contributed by atoms with Crippen LogP contribution in [0.2, 0.25) is 0 Å². The molecule has 27 heavy (non-hydrogen) atoms. The van der Waals surface area contributed by atoms with Crippen molar-refractivity contribution in [2.75, 3.05) is 44.8 Å². The molecule has 1 aromatic rings. The molecule has 150 valence electrons. The molecule has 0 saturated carbocycles. The van der Waals surface area contributed by atoms with Crippen molar-refractivity contribution in [3.05, 3.63) is 17.6 Å². The van der Waals surface area contributed by atoms with Gasteiger partial charge in [0.1, 0.15) is 11.6 Å². The SMILES string of the molecule is CCCc1nc(C)cc(N2CCC3(CCC(=O)N(CCCOC)C3)CC2)n1. The summed E-state index contributed by atoms with van der Waals surface area (Å²) in [6.45, 7) is 8.71. The molecule has 6 heteroatoms. The molecule has 3 heterocycles. The van der Waals surface area contributed by atoms with Gasteiger partial charge in [-0.25, -0.2) is 9.97 Å². The molecular formula is C21H34N4O2. The molecule has 1 aromatic heterocycles. The van der Waals surface area contributed by atoms with Crippen molar-refractivity contribution in [3.63, 3.8) is 0 Å². The number of aromatic nitrogens is 2. The van der Waals surface area contributed by atoms with E-state index in [0.717, 1.165) is 88.6 Å². The van der Waals surface area contributed by atoms with Crippen molar-refractivity contribution in [1.29, 1.82) is 0 Å². The van der Waals surface area contributed by atoms with Crippen molar-refractivity contribution >= 4 is 11.7 Å². The predicted molar refractivity (Wildman–Crippen MR) is 107 cm³/mol. The maximum absolute atomic E-state index is 12.3. The van der Waals surface area contributed by atoms with Gasteiger partial charge in [0.2, 0.25) is 5.91 Å². The molecule has 1 spiro atoms. The average molecular weight is 375 g/mol. The molecule has 1 amide bonds. The Morgan fingerprint density at radius 1 is 1.22 bits per heavy atom. The second-order valence-electron chi connectivity index (χ2n) is 8.18. The van der Waals surface area contributed by atoms with E-state index in [-0.39, 0.29) is 5.41 Å². The lowest BCUT2D eigenvalue weighted by Crippen LogP contribution is -2.52. The summed E-state index contributed by atoms with van der Waals surface area (Å²) in [7, 11) is 1.72. The molecule has 0 aromatic carbocycles. The Morgan fingerprint density at radius 3 is 2.70 bits per heavy atom. The third-order valence-electron chi connectivity index (χ3n) is 6.03. The lowest BCUT2D eigenvalue weighted by atomic mass is 9.72. The fourth-order valence-electron chi connectivity index (χ4n) is 4.43. The van der Waals surface area contributed by atoms with Gasteiger partial charge in [0.05, 0.1) is 0 Å². The van der Waals surface area contributed by atoms with Crippen LogP contribution in [0.15, 0.2) is 6.07 Å². The number of carbonyl (C=O) groups excluding carboxylic acids is 1. The van der Waals surface area contributed by atoms with Crippen LogP contribution in [0.1, 0.15) is 57.0 Å². The summed E-state index contributed by atoms with van der Waals surface area (Å²) in [5.74, 6) is 2.35. The molecule has 0 atom stereocenters. The van der Waals surface area contributed by atoms with Crippen LogP contribution >= 0.6 is 0 Å². The van der Waals surface area contributed by atoms with E-state index in [1.165, 1.54) is 0 Å². The molecule has 0 N–H and O–H groups in total. The molecule has 2 fully saturated rings. The summed E-state index contributed by atoms with van der Waals surface area (Å²) < 4.78 is 5.15. The highest BCUT2D eigenvalue weighted by Crippen LogP contribution is 2.41. The molecule has 0 bridgehead atoms. The van der Waals surface area contributed by atoms with Crippen molar-refractivity contribution in [1.82, 2.24) is 14.9 Å². The van der Waals surface area contributed by atoms with Crippen LogP contribution in [0, 0.1) is 12.3 Å². The highest BCUT2D eigenvalue weighted by Gasteiger charge is 2.41. The normalized spacial score (nSPS) is 19.7. The van der Waals surface area contributed by atoms with Crippen LogP contribution in [0.25, 0.3) is 0 Å². The molecule has 2 aliphatic rings. The number of ether oxygens (including phenoxy) is 1. The smallest absolute Gasteiger partial charge is 0.222 e. The molecule has 0 aliphatic carbocycles. The first kappa shape index (κ1) is 20.1. The molecule has 3 rings (SSSR count). The van der Waals surface area contributed by atoms with Crippen LogP contribution in [0.4, 0.5) is 5.82 Å². The molecule has 0 unspecified atom stereocenters. The quantitative estimate of drug-likeness (QED) is 0.687. The minimum absolute atomic E-state index is 0.284. The Bertz CT molecular complexity index is 641. The zero-order valence-electron chi connectivity index (χ0n) is 17.2. The summed E-state index contributed by atoms with van der Waals surface area (Å²) in [6.07, 6.45) is 6.92. The van der Waals surface area contributed by atoms with Gasteiger partial charge in [-0.1, -0.05) is 6.92 Å². The molecule has 0 radical (unpaired) electrons. The van der Waals surface area contributed by atoms with E-state index in [1.807, 2.05) is 0 Å². The van der Waals surface area contributed by atoms with Gasteiger partial charge < -0.3 is 14.5 Å². The number of rotatable bonds is 7. The van der Waals surface area contributed by atoms with E-state index >= 15 is 0 Å². The van der Waals surface area contributed by atoms with Crippen LogP contribution in [-0.4, -0.2) is 60.7 Å². The number of hydrogen-bond acceptors (Lipinski definition) is 5. The third kappa shape index (κ3) is 4.98. The highest BCUT2D eigenvalue weighted by atomic mass is 16.5. The molecule has 2 saturated heterocycles. The second-order valence-corrected chi connectivity index (χ2v) is 8.18. The summed E-state index contributed by atoms with van der Waals surface area (Å²) in [5, 5.41) is 0. The van der Waals surface area contributed by atoms with Crippen molar-refractivity contribution in [2.45, 2.75) is 58.8 Å². The number of piperidine rings is 2. The summed E-state index contributed by atoms with van der Waals surface area (Å²) in [4.78, 5) is 26.1. The van der Waals surface area contributed by atoms with Gasteiger partial charge in [-0.05, 0) is 44.4 Å². The van der Waals surface area contributed by atoms with Crippen molar-refractivity contribution < 1.29 is 9.53 Å². The average Bonchev–Trinajstić information content (AvgIpc) is 2.65. The molecular weight excluding hydrogens is 340 g/mol. The Morgan fingerprint density at radius 2 is 2.00 bits per heavy atom. The fraction of sp³-hybridized carbons (Fsp3) is 0.762. The number of anilines is 1. The predicted octanol–water partition coefficient (Wildman–Crippen LogP) is 2.98. The number of aryl methyl sites for hydroxylation is 2. The summed E-state index contributed by atoms with van der Waals surface area (Å²) >= 11 is 0. The van der Waals surface area contributed by atoms with E-state index in [4.69, 9.17) is 9.72 Å². The number of nitrogens with zero attached hydrogens (tertiary/aromatic N) is 4. The monoisotopic (exact) mass is 374 g/mol. The van der Waals surface area contributed by atoms with Crippen molar-refractivity contribution in [2.24, 2.45) is 5.41 Å². The fourth-order valence-corrected chi connectivity index (χ4v) is 4.43.